The number of methoxy groups -OCH3 is 1. The molecule has 5 aliphatic carbocycles. The van der Waals surface area contributed by atoms with Crippen molar-refractivity contribution < 1.29 is 128 Å². The van der Waals surface area contributed by atoms with Gasteiger partial charge in [0.25, 0.3) is 0 Å². The van der Waals surface area contributed by atoms with Crippen LogP contribution in [0.25, 0.3) is 0 Å². The number of hydrogen-bond donors (Lipinski definition) is 13. The number of rotatable bonds is 11. The molecule has 480 valence electrons. The van der Waals surface area contributed by atoms with Gasteiger partial charge in [0.05, 0.1) is 45.2 Å². The molecule has 0 unspecified atom stereocenters. The predicted molar refractivity (Wildman–Crippen MR) is 282 cm³/mol. The molecule has 26 heteroatoms. The van der Waals surface area contributed by atoms with Gasteiger partial charge >= 0.3 is 11.9 Å². The third kappa shape index (κ3) is 10.6. The number of allylic oxidation sites excluding steroid dienone is 2. The molecule has 13 N–H and O–H groups in total. The van der Waals surface area contributed by atoms with Crippen molar-refractivity contribution >= 4 is 11.9 Å². The number of fused-ring (bicyclic) bond motifs is 7. The van der Waals surface area contributed by atoms with Gasteiger partial charge < -0.3 is 118 Å². The molecule has 5 aliphatic heterocycles. The molecule has 5 heterocycles. The summed E-state index contributed by atoms with van der Waals surface area (Å²) in [6.45, 7) is 15.5. The van der Waals surface area contributed by atoms with E-state index in [9.17, 15) is 71.2 Å². The second kappa shape index (κ2) is 23.6. The second-order valence-electron chi connectivity index (χ2n) is 28.0. The molecule has 0 amide bonds. The summed E-state index contributed by atoms with van der Waals surface area (Å²) in [5.74, 6) is -2.00. The summed E-state index contributed by atoms with van der Waals surface area (Å²) in [7, 11) is 1.14. The van der Waals surface area contributed by atoms with Crippen LogP contribution in [0.15, 0.2) is 11.6 Å². The number of carbonyl (C=O) groups excluding carboxylic acids is 2. The van der Waals surface area contributed by atoms with E-state index >= 15 is 4.79 Å². The molecular weight excluding hydrogens is 1110 g/mol. The molecule has 9 fully saturated rings. The van der Waals surface area contributed by atoms with Crippen LogP contribution in [0.1, 0.15) is 113 Å². The van der Waals surface area contributed by atoms with E-state index in [1.54, 1.807) is 0 Å². The standard InChI is InChI=1S/C58H92O26/c1-23-42(80-48-41(71)43(28(61)22-76-48)81-47-38(68)33(63)26(59)20-75-47)37(67)40(70)49(78-23)83-45-34(64)27(60)21-77-51(45)84-52(73)58-17-16-53(2,3)18-25(58)24-10-11-30-55(6)14-13-32(79-50-39(69)35(65)36(66)44(82-50)46(72)74-9)54(4,5)29(55)12-15-56(30,7)57(24,8)19-31(58)62/h10,23,25-45,47-51,59-71H,11-22H2,1-9H3/t23-,25-,26+,27-,28+,29-,30+,31+,32-,33-,34-,35-,36-,37-,38+,39+,40+,41+,42-,43-,44-,45+,47-,48-,49-,50+,51-,55-,56+,57+,58+/m0/s1. The van der Waals surface area contributed by atoms with Crippen LogP contribution in [0.3, 0.4) is 0 Å². The van der Waals surface area contributed by atoms with E-state index in [0.717, 1.165) is 31.9 Å². The van der Waals surface area contributed by atoms with Crippen molar-refractivity contribution in [2.24, 2.45) is 50.2 Å². The Labute approximate surface area is 488 Å². The normalized spacial score (nSPS) is 53.6. The monoisotopic (exact) mass is 1200 g/mol. The first-order valence-corrected chi connectivity index (χ1v) is 29.9. The fraction of sp³-hybridized carbons (Fsp3) is 0.931. The molecule has 0 aromatic heterocycles. The Morgan fingerprint density at radius 1 is 0.548 bits per heavy atom. The molecule has 0 aromatic rings. The number of ether oxygens (including phenoxy) is 11. The van der Waals surface area contributed by atoms with E-state index in [-0.39, 0.29) is 40.9 Å². The number of carbonyl (C=O) groups is 2. The van der Waals surface area contributed by atoms with Crippen LogP contribution < -0.4 is 0 Å². The van der Waals surface area contributed by atoms with Crippen LogP contribution in [0.2, 0.25) is 0 Å². The lowest BCUT2D eigenvalue weighted by Gasteiger charge is -2.71. The lowest BCUT2D eigenvalue weighted by Crippen LogP contribution is -2.68. The van der Waals surface area contributed by atoms with Crippen molar-refractivity contribution in [1.29, 1.82) is 0 Å². The molecule has 5 saturated heterocycles. The van der Waals surface area contributed by atoms with Crippen molar-refractivity contribution in [1.82, 2.24) is 0 Å². The third-order valence-electron chi connectivity index (χ3n) is 22.5. The Bertz CT molecular complexity index is 2400. The second-order valence-corrected chi connectivity index (χ2v) is 28.0. The summed E-state index contributed by atoms with van der Waals surface area (Å²) in [5, 5.41) is 143. The van der Waals surface area contributed by atoms with E-state index in [0.29, 0.717) is 25.7 Å². The smallest absolute Gasteiger partial charge is 0.337 e. The van der Waals surface area contributed by atoms with E-state index in [4.69, 9.17) is 52.1 Å². The summed E-state index contributed by atoms with van der Waals surface area (Å²) in [6, 6.07) is 0. The molecule has 4 saturated carbocycles. The van der Waals surface area contributed by atoms with Gasteiger partial charge in [0, 0.05) is 0 Å². The predicted octanol–water partition coefficient (Wildman–Crippen LogP) is -2.11. The first-order chi connectivity index (χ1) is 39.3. The van der Waals surface area contributed by atoms with Crippen LogP contribution >= 0.6 is 0 Å². The summed E-state index contributed by atoms with van der Waals surface area (Å²) >= 11 is 0. The van der Waals surface area contributed by atoms with Crippen LogP contribution in [-0.2, 0) is 61.7 Å². The molecule has 31 atom stereocenters. The van der Waals surface area contributed by atoms with E-state index in [1.165, 1.54) is 6.92 Å². The van der Waals surface area contributed by atoms with Gasteiger partial charge in [0.2, 0.25) is 6.29 Å². The molecule has 10 aliphatic rings. The number of hydrogen-bond acceptors (Lipinski definition) is 26. The van der Waals surface area contributed by atoms with Gasteiger partial charge in [0.15, 0.2) is 37.4 Å². The van der Waals surface area contributed by atoms with Crippen LogP contribution in [-0.4, -0.2) is 253 Å². The zero-order valence-electron chi connectivity index (χ0n) is 49.3. The Kier molecular flexibility index (Phi) is 18.2. The van der Waals surface area contributed by atoms with Gasteiger partial charge in [-0.3, -0.25) is 4.79 Å². The van der Waals surface area contributed by atoms with Crippen LogP contribution in [0.4, 0.5) is 0 Å². The first kappa shape index (κ1) is 64.8. The van der Waals surface area contributed by atoms with Crippen molar-refractivity contribution in [3.8, 4) is 0 Å². The fourth-order valence-electron chi connectivity index (χ4n) is 17.3. The summed E-state index contributed by atoms with van der Waals surface area (Å²) in [4.78, 5) is 28.0. The van der Waals surface area contributed by atoms with Gasteiger partial charge in [-0.15, -0.1) is 0 Å². The van der Waals surface area contributed by atoms with Gasteiger partial charge in [-0.25, -0.2) is 4.79 Å². The minimum absolute atomic E-state index is 0.0925. The highest BCUT2D eigenvalue weighted by Crippen LogP contribution is 2.76. The molecule has 84 heavy (non-hydrogen) atoms. The minimum Gasteiger partial charge on any atom is -0.467 e. The lowest BCUT2D eigenvalue weighted by atomic mass is 9.33. The van der Waals surface area contributed by atoms with Crippen LogP contribution in [0.5, 0.6) is 0 Å². The maximum absolute atomic E-state index is 15.4. The highest BCUT2D eigenvalue weighted by atomic mass is 16.8. The Morgan fingerprint density at radius 3 is 1.81 bits per heavy atom. The highest BCUT2D eigenvalue weighted by molar-refractivity contribution is 5.80. The van der Waals surface area contributed by atoms with Crippen molar-refractivity contribution in [3.63, 3.8) is 0 Å². The fourth-order valence-corrected chi connectivity index (χ4v) is 17.3. The van der Waals surface area contributed by atoms with E-state index in [1.807, 2.05) is 0 Å². The maximum atomic E-state index is 15.4. The van der Waals surface area contributed by atoms with E-state index in [2.05, 4.69) is 54.5 Å². The maximum Gasteiger partial charge on any atom is 0.337 e. The molecule has 0 aromatic carbocycles. The zero-order chi connectivity index (χ0) is 61.3. The van der Waals surface area contributed by atoms with Crippen LogP contribution in [0, 0.1) is 50.2 Å². The lowest BCUT2D eigenvalue weighted by molar-refractivity contribution is -0.375. The largest absolute Gasteiger partial charge is 0.467 e. The minimum atomic E-state index is -1.96. The summed E-state index contributed by atoms with van der Waals surface area (Å²) in [6.07, 6.45) is -30.2. The van der Waals surface area contributed by atoms with Crippen molar-refractivity contribution in [2.75, 3.05) is 26.9 Å². The number of esters is 2. The summed E-state index contributed by atoms with van der Waals surface area (Å²) < 4.78 is 63.8. The van der Waals surface area contributed by atoms with Gasteiger partial charge in [-0.2, -0.15) is 0 Å². The van der Waals surface area contributed by atoms with Gasteiger partial charge in [0.1, 0.15) is 90.9 Å². The SMILES string of the molecule is COC(=O)[C@H]1O[C@@H](O[C@H]2CC[C@]3(C)[C@H]4CC=C5[C@@H]6CC(C)(C)CC[C@]6(C(=O)O[C@@H]6OC[C@H](O)[C@H](O)[C@H]6O[C@@H]6O[C@@H](C)[C@H](O[C@@H]7OC[C@@H](O)[C@H](O[C@@H]8OC[C@@H](O)[C@H](O)[C@H]8O)[C@H]7O)[C@@H](O)[C@H]6O)[C@H](O)C[C@@]5(C)[C@]4(C)CC[C@H]3C2(C)C)[C@H](O)[C@@H](O)[C@@H]1O. The molecule has 0 radical (unpaired) electrons. The topological polar surface area (TPSA) is 399 Å². The Morgan fingerprint density at radius 2 is 1.13 bits per heavy atom. The third-order valence-corrected chi connectivity index (χ3v) is 22.5. The number of aliphatic hydroxyl groups excluding tert-OH is 13. The van der Waals surface area contributed by atoms with Gasteiger partial charge in [-0.1, -0.05) is 60.1 Å². The quantitative estimate of drug-likeness (QED) is 0.0598. The molecule has 10 rings (SSSR count). The highest BCUT2D eigenvalue weighted by Gasteiger charge is 2.72. The molecule has 26 nitrogen and oxygen atoms in total. The summed E-state index contributed by atoms with van der Waals surface area (Å²) in [5.41, 5.74) is -2.43. The average molecular weight is 1210 g/mol. The zero-order valence-corrected chi connectivity index (χ0v) is 49.3. The molecule has 0 spiro atoms. The number of aliphatic hydroxyl groups is 13. The van der Waals surface area contributed by atoms with Crippen molar-refractivity contribution in [2.45, 2.75) is 261 Å². The molecule has 0 bridgehead atoms. The first-order valence-electron chi connectivity index (χ1n) is 29.9. The Hall–Kier alpha value is -2.20. The van der Waals surface area contributed by atoms with Gasteiger partial charge in [-0.05, 0) is 110 Å². The average Bonchev–Trinajstić information content (AvgIpc) is 0.679. The van der Waals surface area contributed by atoms with Crippen molar-refractivity contribution in [3.05, 3.63) is 11.6 Å². The Balaban J connectivity index is 0.844. The van der Waals surface area contributed by atoms with E-state index < -0.39 is 201 Å². The molecular formula is C58H92O26.